The molecule has 0 saturated carbocycles. The van der Waals surface area contributed by atoms with Gasteiger partial charge in [-0.05, 0) is 0 Å². The molecule has 1 heterocycles. The van der Waals surface area contributed by atoms with Crippen molar-refractivity contribution >= 4 is 7.75 Å². The second-order valence-corrected chi connectivity index (χ2v) is 3.93. The fourth-order valence-corrected chi connectivity index (χ4v) is 1.75. The van der Waals surface area contributed by atoms with Gasteiger partial charge in [0.1, 0.15) is 0 Å². The van der Waals surface area contributed by atoms with Gasteiger partial charge in [0.05, 0.1) is 12.7 Å². The standard InChI is InChI=1S/C4H10NO4P/c1-8-10(7)5-2-4(6)3-9-10/h4,6H,2-3H2,1H3,(H,5,7). The van der Waals surface area contributed by atoms with Gasteiger partial charge < -0.3 is 9.63 Å². The van der Waals surface area contributed by atoms with Crippen LogP contribution >= 0.6 is 7.75 Å². The molecule has 10 heavy (non-hydrogen) atoms. The minimum absolute atomic E-state index is 0.0676. The van der Waals surface area contributed by atoms with Gasteiger partial charge in [-0.1, -0.05) is 0 Å². The molecular formula is C4H10NO4P. The van der Waals surface area contributed by atoms with E-state index in [1.54, 1.807) is 0 Å². The largest absolute Gasteiger partial charge is 0.405 e. The molecule has 0 aromatic carbocycles. The molecule has 0 spiro atoms. The van der Waals surface area contributed by atoms with Crippen molar-refractivity contribution in [3.05, 3.63) is 0 Å². The summed E-state index contributed by atoms with van der Waals surface area (Å²) < 4.78 is 20.3. The third-order valence-corrected chi connectivity index (χ3v) is 2.74. The molecule has 0 aliphatic carbocycles. The highest BCUT2D eigenvalue weighted by Gasteiger charge is 2.29. The minimum Gasteiger partial charge on any atom is -0.389 e. The molecule has 0 aromatic rings. The predicted octanol–water partition coefficient (Wildman–Crippen LogP) is -0.278. The van der Waals surface area contributed by atoms with Crippen LogP contribution < -0.4 is 5.09 Å². The van der Waals surface area contributed by atoms with Crippen molar-refractivity contribution in [2.24, 2.45) is 0 Å². The van der Waals surface area contributed by atoms with Gasteiger partial charge in [-0.3, -0.25) is 4.52 Å². The highest BCUT2D eigenvalue weighted by Crippen LogP contribution is 2.44. The quantitative estimate of drug-likeness (QED) is 0.526. The van der Waals surface area contributed by atoms with Crippen molar-refractivity contribution in [1.29, 1.82) is 0 Å². The molecule has 1 saturated heterocycles. The molecule has 60 valence electrons. The van der Waals surface area contributed by atoms with E-state index >= 15 is 0 Å². The number of rotatable bonds is 1. The third-order valence-electron chi connectivity index (χ3n) is 1.20. The Kier molecular flexibility index (Phi) is 2.44. The Morgan fingerprint density at radius 3 is 3.00 bits per heavy atom. The number of nitrogens with one attached hydrogen (secondary N) is 1. The van der Waals surface area contributed by atoms with Gasteiger partial charge in [0.25, 0.3) is 0 Å². The lowest BCUT2D eigenvalue weighted by atomic mass is 10.4. The van der Waals surface area contributed by atoms with Crippen molar-refractivity contribution < 1.29 is 18.7 Å². The van der Waals surface area contributed by atoms with E-state index in [9.17, 15) is 4.57 Å². The first kappa shape index (κ1) is 8.17. The molecule has 1 fully saturated rings. The first-order chi connectivity index (χ1) is 4.66. The van der Waals surface area contributed by atoms with E-state index in [-0.39, 0.29) is 13.2 Å². The Morgan fingerprint density at radius 2 is 2.60 bits per heavy atom. The van der Waals surface area contributed by atoms with E-state index in [0.717, 1.165) is 0 Å². The molecule has 0 aromatic heterocycles. The molecular weight excluding hydrogens is 157 g/mol. The van der Waals surface area contributed by atoms with Gasteiger partial charge in [0, 0.05) is 13.7 Å². The maximum absolute atomic E-state index is 11.1. The van der Waals surface area contributed by atoms with E-state index in [4.69, 9.17) is 9.63 Å². The van der Waals surface area contributed by atoms with Crippen LogP contribution in [0.2, 0.25) is 0 Å². The summed E-state index contributed by atoms with van der Waals surface area (Å²) in [7, 11) is -1.74. The highest BCUT2D eigenvalue weighted by atomic mass is 31.2. The molecule has 1 rings (SSSR count). The van der Waals surface area contributed by atoms with Gasteiger partial charge >= 0.3 is 7.75 Å². The minimum atomic E-state index is -3.04. The van der Waals surface area contributed by atoms with E-state index in [1.807, 2.05) is 0 Å². The van der Waals surface area contributed by atoms with Crippen LogP contribution in [0.5, 0.6) is 0 Å². The van der Waals surface area contributed by atoms with Gasteiger partial charge in [-0.2, -0.15) is 0 Å². The average molecular weight is 167 g/mol. The third kappa shape index (κ3) is 1.78. The SMILES string of the molecule is COP1(=O)NCC(O)CO1. The molecule has 1 aliphatic rings. The smallest absolute Gasteiger partial charge is 0.389 e. The van der Waals surface area contributed by atoms with Crippen LogP contribution in [-0.2, 0) is 13.6 Å². The van der Waals surface area contributed by atoms with Crippen LogP contribution in [0.25, 0.3) is 0 Å². The molecule has 2 unspecified atom stereocenters. The van der Waals surface area contributed by atoms with Crippen LogP contribution in [-0.4, -0.2) is 31.5 Å². The van der Waals surface area contributed by atoms with E-state index in [2.05, 4.69) is 9.61 Å². The van der Waals surface area contributed by atoms with Crippen molar-refractivity contribution in [2.45, 2.75) is 6.10 Å². The van der Waals surface area contributed by atoms with E-state index < -0.39 is 13.9 Å². The Balaban J connectivity index is 2.46. The van der Waals surface area contributed by atoms with Crippen molar-refractivity contribution in [2.75, 3.05) is 20.3 Å². The maximum atomic E-state index is 11.1. The number of hydrogen-bond donors (Lipinski definition) is 2. The van der Waals surface area contributed by atoms with Gasteiger partial charge in [0.15, 0.2) is 0 Å². The zero-order chi connectivity index (χ0) is 7.61. The van der Waals surface area contributed by atoms with Crippen LogP contribution in [0.15, 0.2) is 0 Å². The summed E-state index contributed by atoms with van der Waals surface area (Å²) in [5.41, 5.74) is 0. The summed E-state index contributed by atoms with van der Waals surface area (Å²) in [5.74, 6) is 0. The molecule has 2 atom stereocenters. The molecule has 6 heteroatoms. The summed E-state index contributed by atoms with van der Waals surface area (Å²) in [5, 5.41) is 11.3. The van der Waals surface area contributed by atoms with Crippen molar-refractivity contribution in [3.8, 4) is 0 Å². The maximum Gasteiger partial charge on any atom is 0.405 e. The van der Waals surface area contributed by atoms with Gasteiger partial charge in [-0.15, -0.1) is 0 Å². The monoisotopic (exact) mass is 167 g/mol. The summed E-state index contributed by atoms with van der Waals surface area (Å²) in [6.45, 7) is 0.323. The number of hydrogen-bond acceptors (Lipinski definition) is 4. The average Bonchev–Trinajstić information content (AvgIpc) is 1.96. The first-order valence-electron chi connectivity index (χ1n) is 2.90. The van der Waals surface area contributed by atoms with Crippen LogP contribution in [0.3, 0.4) is 0 Å². The fourth-order valence-electron chi connectivity index (χ4n) is 0.623. The van der Waals surface area contributed by atoms with Crippen LogP contribution in [0, 0.1) is 0 Å². The van der Waals surface area contributed by atoms with E-state index in [1.165, 1.54) is 7.11 Å². The molecule has 5 nitrogen and oxygen atoms in total. The molecule has 1 aliphatic heterocycles. The highest BCUT2D eigenvalue weighted by molar-refractivity contribution is 7.51. The van der Waals surface area contributed by atoms with Crippen LogP contribution in [0.1, 0.15) is 0 Å². The number of aliphatic hydroxyl groups is 1. The molecule has 0 bridgehead atoms. The number of β-amino-alcohol motifs (C(OH)–C–C–N with tert-alkyl or cyclic N) is 1. The zero-order valence-electron chi connectivity index (χ0n) is 5.61. The van der Waals surface area contributed by atoms with Crippen LogP contribution in [0.4, 0.5) is 0 Å². The Bertz CT molecular complexity index is 149. The molecule has 0 amide bonds. The summed E-state index contributed by atoms with van der Waals surface area (Å²) in [4.78, 5) is 0. The predicted molar refractivity (Wildman–Crippen MR) is 34.6 cm³/mol. The number of aliphatic hydroxyl groups excluding tert-OH is 1. The van der Waals surface area contributed by atoms with Crippen molar-refractivity contribution in [3.63, 3.8) is 0 Å². The lowest BCUT2D eigenvalue weighted by Crippen LogP contribution is -2.35. The van der Waals surface area contributed by atoms with Crippen molar-refractivity contribution in [1.82, 2.24) is 5.09 Å². The Hall–Kier alpha value is 0.0700. The second kappa shape index (κ2) is 2.98. The van der Waals surface area contributed by atoms with Gasteiger partial charge in [0.2, 0.25) is 0 Å². The lowest BCUT2D eigenvalue weighted by molar-refractivity contribution is 0.0746. The molecule has 0 radical (unpaired) electrons. The topological polar surface area (TPSA) is 67.8 Å². The zero-order valence-corrected chi connectivity index (χ0v) is 6.51. The first-order valence-corrected chi connectivity index (χ1v) is 4.44. The summed E-state index contributed by atoms with van der Waals surface area (Å²) >= 11 is 0. The second-order valence-electron chi connectivity index (χ2n) is 1.99. The fraction of sp³-hybridized carbons (Fsp3) is 1.00. The lowest BCUT2D eigenvalue weighted by Gasteiger charge is -2.24. The normalized spacial score (nSPS) is 41.6. The summed E-state index contributed by atoms with van der Waals surface area (Å²) in [6, 6.07) is 0. The Labute approximate surface area is 58.9 Å². The van der Waals surface area contributed by atoms with Gasteiger partial charge in [-0.25, -0.2) is 9.65 Å². The summed E-state index contributed by atoms with van der Waals surface area (Å²) in [6.07, 6.45) is -0.586. The van der Waals surface area contributed by atoms with E-state index in [0.29, 0.717) is 0 Å². The Morgan fingerprint density at radius 1 is 1.90 bits per heavy atom. The molecule has 2 N–H and O–H groups in total.